The summed E-state index contributed by atoms with van der Waals surface area (Å²) in [6.07, 6.45) is 3.73. The molecule has 1 amide bonds. The van der Waals surface area contributed by atoms with E-state index >= 15 is 0 Å². The number of carbonyl (C=O) groups excluding carboxylic acids is 2. The van der Waals surface area contributed by atoms with Crippen LogP contribution >= 0.6 is 0 Å². The lowest BCUT2D eigenvalue weighted by Gasteiger charge is -2.21. The standard InChI is InChI=1S/C26H30N2O4/c1-16-8-6-9-21(12-16)28-17(2)13-20(18(28)3)14-23-24(26(30)31-5)19(4)27(25(23)29)15-22-10-7-11-32-22/h6,8-9,12-14,22H,7,10-11,15H2,1-5H3/b23-14-/t22-/m0/s1. The Bertz CT molecular complexity index is 1130. The third-order valence-electron chi connectivity index (χ3n) is 6.34. The number of esters is 1. The quantitative estimate of drug-likeness (QED) is 0.521. The van der Waals surface area contributed by atoms with Crippen LogP contribution in [-0.4, -0.2) is 47.7 Å². The number of allylic oxidation sites excluding steroid dienone is 1. The molecule has 1 fully saturated rings. The molecule has 0 bridgehead atoms. The Morgan fingerprint density at radius 1 is 1.22 bits per heavy atom. The zero-order valence-corrected chi connectivity index (χ0v) is 19.4. The van der Waals surface area contributed by atoms with Crippen LogP contribution in [0.5, 0.6) is 0 Å². The molecule has 1 aromatic heterocycles. The molecular formula is C26H30N2O4. The number of aryl methyl sites for hydroxylation is 2. The molecule has 0 saturated carbocycles. The fourth-order valence-corrected chi connectivity index (χ4v) is 4.69. The summed E-state index contributed by atoms with van der Waals surface area (Å²) < 4.78 is 12.9. The predicted octanol–water partition coefficient (Wildman–Crippen LogP) is 4.25. The van der Waals surface area contributed by atoms with E-state index in [0.717, 1.165) is 35.5 Å². The van der Waals surface area contributed by atoms with Gasteiger partial charge in [0, 0.05) is 29.4 Å². The van der Waals surface area contributed by atoms with Gasteiger partial charge < -0.3 is 18.9 Å². The average molecular weight is 435 g/mol. The molecule has 2 aliphatic rings. The fraction of sp³-hybridized carbons (Fsp3) is 0.385. The molecule has 0 unspecified atom stereocenters. The number of nitrogens with zero attached hydrogens (tertiary/aromatic N) is 2. The Morgan fingerprint density at radius 3 is 2.66 bits per heavy atom. The Labute approximate surface area is 189 Å². The van der Waals surface area contributed by atoms with Crippen LogP contribution in [0.1, 0.15) is 42.3 Å². The molecule has 6 heteroatoms. The minimum atomic E-state index is -0.496. The number of aromatic nitrogens is 1. The number of methoxy groups -OCH3 is 1. The highest BCUT2D eigenvalue weighted by molar-refractivity contribution is 6.16. The largest absolute Gasteiger partial charge is 0.465 e. The van der Waals surface area contributed by atoms with Crippen LogP contribution in [0.3, 0.4) is 0 Å². The van der Waals surface area contributed by atoms with E-state index in [-0.39, 0.29) is 12.0 Å². The number of hydrogen-bond donors (Lipinski definition) is 0. The van der Waals surface area contributed by atoms with E-state index in [2.05, 4.69) is 29.7 Å². The van der Waals surface area contributed by atoms with E-state index in [1.165, 1.54) is 12.7 Å². The molecule has 1 atom stereocenters. The highest BCUT2D eigenvalue weighted by Gasteiger charge is 2.38. The van der Waals surface area contributed by atoms with Gasteiger partial charge in [-0.25, -0.2) is 4.79 Å². The molecule has 0 aliphatic carbocycles. The number of ether oxygens (including phenoxy) is 2. The van der Waals surface area contributed by atoms with Crippen molar-refractivity contribution in [2.45, 2.75) is 46.6 Å². The molecule has 1 aromatic carbocycles. The van der Waals surface area contributed by atoms with Gasteiger partial charge in [0.25, 0.3) is 5.91 Å². The maximum absolute atomic E-state index is 13.4. The third-order valence-corrected chi connectivity index (χ3v) is 6.34. The van der Waals surface area contributed by atoms with Crippen molar-refractivity contribution in [2.24, 2.45) is 0 Å². The molecule has 3 heterocycles. The molecule has 168 valence electrons. The summed E-state index contributed by atoms with van der Waals surface area (Å²) in [6, 6.07) is 10.3. The molecule has 4 rings (SSSR count). The summed E-state index contributed by atoms with van der Waals surface area (Å²) in [7, 11) is 1.34. The maximum atomic E-state index is 13.4. The van der Waals surface area contributed by atoms with E-state index in [0.29, 0.717) is 30.0 Å². The fourth-order valence-electron chi connectivity index (χ4n) is 4.69. The smallest absolute Gasteiger partial charge is 0.340 e. The lowest BCUT2D eigenvalue weighted by atomic mass is 10.0. The zero-order chi connectivity index (χ0) is 23.0. The topological polar surface area (TPSA) is 60.8 Å². The van der Waals surface area contributed by atoms with Crippen molar-refractivity contribution in [2.75, 3.05) is 20.3 Å². The SMILES string of the molecule is COC(=O)C1=C(C)N(C[C@@H]2CCCO2)C(=O)/C1=C\c1cc(C)n(-c2cccc(C)c2)c1C. The van der Waals surface area contributed by atoms with E-state index in [4.69, 9.17) is 9.47 Å². The second-order valence-corrected chi connectivity index (χ2v) is 8.56. The van der Waals surface area contributed by atoms with Crippen LogP contribution in [-0.2, 0) is 19.1 Å². The average Bonchev–Trinajstić information content (AvgIpc) is 3.43. The summed E-state index contributed by atoms with van der Waals surface area (Å²) in [6.45, 7) is 9.10. The highest BCUT2D eigenvalue weighted by atomic mass is 16.5. The van der Waals surface area contributed by atoms with E-state index in [1.54, 1.807) is 11.8 Å². The Kier molecular flexibility index (Phi) is 6.07. The molecule has 2 aliphatic heterocycles. The van der Waals surface area contributed by atoms with Crippen LogP contribution in [0.2, 0.25) is 0 Å². The first-order valence-corrected chi connectivity index (χ1v) is 11.0. The number of amides is 1. The maximum Gasteiger partial charge on any atom is 0.340 e. The second-order valence-electron chi connectivity index (χ2n) is 8.56. The Hall–Kier alpha value is -3.12. The first-order chi connectivity index (χ1) is 15.3. The molecule has 2 aromatic rings. The van der Waals surface area contributed by atoms with E-state index in [9.17, 15) is 9.59 Å². The number of benzene rings is 1. The first-order valence-electron chi connectivity index (χ1n) is 11.0. The highest BCUT2D eigenvalue weighted by Crippen LogP contribution is 2.34. The zero-order valence-electron chi connectivity index (χ0n) is 19.4. The molecule has 0 radical (unpaired) electrons. The Morgan fingerprint density at radius 2 is 2.00 bits per heavy atom. The predicted molar refractivity (Wildman–Crippen MR) is 123 cm³/mol. The van der Waals surface area contributed by atoms with Gasteiger partial charge in [0.2, 0.25) is 0 Å². The summed E-state index contributed by atoms with van der Waals surface area (Å²) >= 11 is 0. The lowest BCUT2D eigenvalue weighted by molar-refractivity contribution is -0.136. The molecular weight excluding hydrogens is 404 g/mol. The van der Waals surface area contributed by atoms with Crippen molar-refractivity contribution in [1.82, 2.24) is 9.47 Å². The molecule has 0 N–H and O–H groups in total. The third kappa shape index (κ3) is 3.91. The van der Waals surface area contributed by atoms with Crippen LogP contribution < -0.4 is 0 Å². The summed E-state index contributed by atoms with van der Waals surface area (Å²) in [5, 5.41) is 0. The monoisotopic (exact) mass is 434 g/mol. The van der Waals surface area contributed by atoms with Gasteiger partial charge in [0.1, 0.15) is 0 Å². The van der Waals surface area contributed by atoms with Crippen LogP contribution in [0.15, 0.2) is 47.2 Å². The number of hydrogen-bond acceptors (Lipinski definition) is 4. The molecule has 1 saturated heterocycles. The minimum absolute atomic E-state index is 0.00136. The van der Waals surface area contributed by atoms with E-state index < -0.39 is 5.97 Å². The summed E-state index contributed by atoms with van der Waals surface area (Å²) in [5.41, 5.74) is 6.54. The molecule has 6 nitrogen and oxygen atoms in total. The first kappa shape index (κ1) is 22.1. The van der Waals surface area contributed by atoms with Gasteiger partial charge in [-0.2, -0.15) is 0 Å². The number of rotatable bonds is 5. The van der Waals surface area contributed by atoms with Crippen molar-refractivity contribution in [3.63, 3.8) is 0 Å². The lowest BCUT2D eigenvalue weighted by Crippen LogP contribution is -2.33. The van der Waals surface area contributed by atoms with Crippen LogP contribution in [0.4, 0.5) is 0 Å². The van der Waals surface area contributed by atoms with Crippen molar-refractivity contribution in [3.05, 3.63) is 69.7 Å². The minimum Gasteiger partial charge on any atom is -0.465 e. The molecule has 0 spiro atoms. The molecule has 32 heavy (non-hydrogen) atoms. The normalized spacial score (nSPS) is 20.0. The van der Waals surface area contributed by atoms with Crippen LogP contribution in [0, 0.1) is 20.8 Å². The van der Waals surface area contributed by atoms with Gasteiger partial charge in [-0.3, -0.25) is 4.79 Å². The van der Waals surface area contributed by atoms with Crippen LogP contribution in [0.25, 0.3) is 11.8 Å². The van der Waals surface area contributed by atoms with Gasteiger partial charge >= 0.3 is 5.97 Å². The van der Waals surface area contributed by atoms with E-state index in [1.807, 2.05) is 32.1 Å². The van der Waals surface area contributed by atoms with Crippen molar-refractivity contribution < 1.29 is 19.1 Å². The Balaban J connectivity index is 1.76. The van der Waals surface area contributed by atoms with Crippen molar-refractivity contribution >= 4 is 18.0 Å². The second kappa shape index (κ2) is 8.79. The van der Waals surface area contributed by atoms with Gasteiger partial charge in [-0.05, 0) is 75.9 Å². The van der Waals surface area contributed by atoms with Crippen molar-refractivity contribution in [1.29, 1.82) is 0 Å². The van der Waals surface area contributed by atoms with Gasteiger partial charge in [0.05, 0.1) is 30.9 Å². The number of carbonyl (C=O) groups is 2. The summed E-state index contributed by atoms with van der Waals surface area (Å²) in [5.74, 6) is -0.678. The van der Waals surface area contributed by atoms with Gasteiger partial charge in [-0.15, -0.1) is 0 Å². The van der Waals surface area contributed by atoms with Gasteiger partial charge in [0.15, 0.2) is 0 Å². The van der Waals surface area contributed by atoms with Crippen molar-refractivity contribution in [3.8, 4) is 5.69 Å². The summed E-state index contributed by atoms with van der Waals surface area (Å²) in [4.78, 5) is 27.7. The van der Waals surface area contributed by atoms with Gasteiger partial charge in [-0.1, -0.05) is 12.1 Å².